The van der Waals surface area contributed by atoms with Crippen LogP contribution in [0.2, 0.25) is 0 Å². The molecule has 0 bridgehead atoms. The zero-order chi connectivity index (χ0) is 8.84. The summed E-state index contributed by atoms with van der Waals surface area (Å²) in [7, 11) is 0. The molecule has 1 aromatic rings. The molecule has 1 atom stereocenters. The van der Waals surface area contributed by atoms with Crippen molar-refractivity contribution in [1.82, 2.24) is 0 Å². The first-order valence-corrected chi connectivity index (χ1v) is 4.58. The van der Waals surface area contributed by atoms with Gasteiger partial charge in [0.25, 0.3) is 0 Å². The van der Waals surface area contributed by atoms with E-state index >= 15 is 0 Å². The quantitative estimate of drug-likeness (QED) is 0.551. The van der Waals surface area contributed by atoms with Crippen LogP contribution in [0.1, 0.15) is 18.1 Å². The lowest BCUT2D eigenvalue weighted by Gasteiger charge is -1.95. The molecule has 0 saturated carbocycles. The lowest BCUT2D eigenvalue weighted by molar-refractivity contribution is 0.770. The van der Waals surface area contributed by atoms with E-state index in [9.17, 15) is 0 Å². The molecule has 2 aliphatic rings. The lowest BCUT2D eigenvalue weighted by atomic mass is 10.1. The van der Waals surface area contributed by atoms with E-state index in [1.165, 1.54) is 11.1 Å². The number of hydrogen-bond acceptors (Lipinski definition) is 2. The average Bonchev–Trinajstić information content (AvgIpc) is 2.63. The summed E-state index contributed by atoms with van der Waals surface area (Å²) in [6, 6.07) is 4.75. The highest BCUT2D eigenvalue weighted by Gasteiger charge is 2.13. The van der Waals surface area contributed by atoms with E-state index in [0.717, 1.165) is 17.1 Å². The van der Waals surface area contributed by atoms with Crippen molar-refractivity contribution in [1.29, 1.82) is 0 Å². The van der Waals surface area contributed by atoms with Crippen LogP contribution in [-0.2, 0) is 6.42 Å². The summed E-state index contributed by atoms with van der Waals surface area (Å²) in [5.41, 5.74) is 2.55. The predicted octanol–water partition coefficient (Wildman–Crippen LogP) is 0.855. The maximum Gasteiger partial charge on any atom is 0.0706 e. The van der Waals surface area contributed by atoms with Gasteiger partial charge in [0.1, 0.15) is 0 Å². The fourth-order valence-electron chi connectivity index (χ4n) is 1.96. The van der Waals surface area contributed by atoms with Gasteiger partial charge in [-0.3, -0.25) is 9.98 Å². The SMILES string of the molecule is C[C@H]1Cc2cc3c(cc2=N1)C=CN=3. The molecular formula is C11H10N2. The van der Waals surface area contributed by atoms with Crippen molar-refractivity contribution in [3.63, 3.8) is 0 Å². The molecule has 1 aromatic carbocycles. The molecule has 0 saturated heterocycles. The molecule has 0 aliphatic carbocycles. The first-order chi connectivity index (χ1) is 6.33. The second-order valence-corrected chi connectivity index (χ2v) is 3.67. The summed E-state index contributed by atoms with van der Waals surface area (Å²) in [6.07, 6.45) is 4.95. The Morgan fingerprint density at radius 1 is 1.31 bits per heavy atom. The molecule has 3 rings (SSSR count). The third kappa shape index (κ3) is 0.949. The van der Waals surface area contributed by atoms with Gasteiger partial charge in [0.05, 0.1) is 16.8 Å². The molecule has 0 spiro atoms. The number of nitrogens with zero attached hydrogens (tertiary/aromatic N) is 2. The third-order valence-corrected chi connectivity index (χ3v) is 2.57. The Hall–Kier alpha value is -1.44. The zero-order valence-electron chi connectivity index (χ0n) is 7.49. The van der Waals surface area contributed by atoms with Crippen LogP contribution in [0.25, 0.3) is 6.08 Å². The van der Waals surface area contributed by atoms with Crippen LogP contribution in [0.15, 0.2) is 28.3 Å². The predicted molar refractivity (Wildman–Crippen MR) is 51.0 cm³/mol. The molecule has 2 heteroatoms. The van der Waals surface area contributed by atoms with E-state index in [1.54, 1.807) is 0 Å². The normalized spacial score (nSPS) is 22.1. The Balaban J connectivity index is 2.35. The van der Waals surface area contributed by atoms with Gasteiger partial charge in [-0.2, -0.15) is 0 Å². The van der Waals surface area contributed by atoms with Crippen molar-refractivity contribution in [2.45, 2.75) is 19.4 Å². The van der Waals surface area contributed by atoms with Crippen molar-refractivity contribution < 1.29 is 0 Å². The summed E-state index contributed by atoms with van der Waals surface area (Å²) >= 11 is 0. The Morgan fingerprint density at radius 2 is 2.23 bits per heavy atom. The second-order valence-electron chi connectivity index (χ2n) is 3.67. The molecule has 0 fully saturated rings. The molecule has 0 aromatic heterocycles. The van der Waals surface area contributed by atoms with E-state index in [0.29, 0.717) is 6.04 Å². The van der Waals surface area contributed by atoms with Gasteiger partial charge in [-0.15, -0.1) is 0 Å². The molecule has 2 nitrogen and oxygen atoms in total. The van der Waals surface area contributed by atoms with Crippen molar-refractivity contribution in [3.05, 3.63) is 40.2 Å². The average molecular weight is 170 g/mol. The summed E-state index contributed by atoms with van der Waals surface area (Å²) < 4.78 is 0. The topological polar surface area (TPSA) is 24.7 Å². The molecular weight excluding hydrogens is 160 g/mol. The monoisotopic (exact) mass is 170 g/mol. The van der Waals surface area contributed by atoms with Crippen LogP contribution in [0.4, 0.5) is 0 Å². The highest BCUT2D eigenvalue weighted by molar-refractivity contribution is 5.52. The van der Waals surface area contributed by atoms with Crippen LogP contribution in [-0.4, -0.2) is 6.04 Å². The molecule has 13 heavy (non-hydrogen) atoms. The van der Waals surface area contributed by atoms with E-state index in [1.807, 2.05) is 12.3 Å². The van der Waals surface area contributed by atoms with E-state index in [4.69, 9.17) is 0 Å². The Morgan fingerprint density at radius 3 is 3.15 bits per heavy atom. The van der Waals surface area contributed by atoms with Crippen molar-refractivity contribution in [3.8, 4) is 0 Å². The summed E-state index contributed by atoms with van der Waals surface area (Å²) in [4.78, 5) is 8.83. The Labute approximate surface area is 76.3 Å². The summed E-state index contributed by atoms with van der Waals surface area (Å²) in [5.74, 6) is 0. The molecule has 0 N–H and O–H groups in total. The first kappa shape index (κ1) is 7.01. The zero-order valence-corrected chi connectivity index (χ0v) is 7.49. The number of fused-ring (bicyclic) bond motifs is 2. The Kier molecular flexibility index (Phi) is 1.23. The minimum Gasteiger partial charge on any atom is -0.282 e. The largest absolute Gasteiger partial charge is 0.282 e. The Bertz CT molecular complexity index is 512. The first-order valence-electron chi connectivity index (χ1n) is 4.58. The minimum absolute atomic E-state index is 0.446. The minimum atomic E-state index is 0.446. The summed E-state index contributed by atoms with van der Waals surface area (Å²) in [5, 5.41) is 2.26. The van der Waals surface area contributed by atoms with Gasteiger partial charge < -0.3 is 0 Å². The van der Waals surface area contributed by atoms with Crippen LogP contribution < -0.4 is 10.7 Å². The molecule has 0 amide bonds. The van der Waals surface area contributed by atoms with Crippen molar-refractivity contribution >= 4 is 6.08 Å². The number of benzene rings is 1. The highest BCUT2D eigenvalue weighted by atomic mass is 14.8. The fraction of sp³-hybridized carbons (Fsp3) is 0.273. The molecule has 0 unspecified atom stereocenters. The van der Waals surface area contributed by atoms with Gasteiger partial charge >= 0.3 is 0 Å². The van der Waals surface area contributed by atoms with E-state index < -0.39 is 0 Å². The van der Waals surface area contributed by atoms with Crippen molar-refractivity contribution in [2.75, 3.05) is 0 Å². The maximum absolute atomic E-state index is 4.55. The molecule has 2 aliphatic heterocycles. The van der Waals surface area contributed by atoms with Gasteiger partial charge in [0.2, 0.25) is 0 Å². The van der Waals surface area contributed by atoms with Gasteiger partial charge in [0, 0.05) is 11.8 Å². The third-order valence-electron chi connectivity index (χ3n) is 2.57. The van der Waals surface area contributed by atoms with Gasteiger partial charge in [-0.05, 0) is 37.1 Å². The van der Waals surface area contributed by atoms with Crippen LogP contribution in [0, 0.1) is 0 Å². The number of hydrogen-bond donors (Lipinski definition) is 0. The maximum atomic E-state index is 4.55. The second kappa shape index (κ2) is 2.28. The van der Waals surface area contributed by atoms with E-state index in [2.05, 4.69) is 29.0 Å². The van der Waals surface area contributed by atoms with Gasteiger partial charge in [-0.1, -0.05) is 0 Å². The summed E-state index contributed by atoms with van der Waals surface area (Å²) in [6.45, 7) is 2.15. The van der Waals surface area contributed by atoms with Crippen LogP contribution in [0.5, 0.6) is 0 Å². The molecule has 0 radical (unpaired) electrons. The fourth-order valence-corrected chi connectivity index (χ4v) is 1.96. The number of rotatable bonds is 0. The van der Waals surface area contributed by atoms with Gasteiger partial charge in [-0.25, -0.2) is 0 Å². The van der Waals surface area contributed by atoms with Crippen LogP contribution >= 0.6 is 0 Å². The smallest absolute Gasteiger partial charge is 0.0706 e. The van der Waals surface area contributed by atoms with Crippen LogP contribution in [0.3, 0.4) is 0 Å². The van der Waals surface area contributed by atoms with Gasteiger partial charge in [0.15, 0.2) is 0 Å². The molecule has 2 heterocycles. The molecule has 64 valence electrons. The lowest BCUT2D eigenvalue weighted by Crippen LogP contribution is -2.13. The standard InChI is InChI=1S/C11H10N2/c1-7-4-9-6-10-8(2-3-12-10)5-11(9)13-7/h2-3,5-7H,4H2,1H3/t7-/m0/s1. The highest BCUT2D eigenvalue weighted by Crippen LogP contribution is 2.08. The van der Waals surface area contributed by atoms with E-state index in [-0.39, 0.29) is 0 Å². The van der Waals surface area contributed by atoms with Crippen molar-refractivity contribution in [2.24, 2.45) is 9.98 Å².